The number of hydrogen-bond acceptors (Lipinski definition) is 4. The molecule has 1 atom stereocenters. The molecule has 0 N–H and O–H groups in total. The Morgan fingerprint density at radius 2 is 1.83 bits per heavy atom. The maximum absolute atomic E-state index is 12.8. The van der Waals surface area contributed by atoms with E-state index in [2.05, 4.69) is 10.2 Å². The van der Waals surface area contributed by atoms with E-state index in [1.54, 1.807) is 44.4 Å². The van der Waals surface area contributed by atoms with Gasteiger partial charge in [-0.2, -0.15) is 13.2 Å². The molecule has 1 aromatic heterocycles. The number of likely N-dealkylation sites (N-methyl/N-ethyl adjacent to an activating group) is 1. The molecule has 2 rings (SSSR count). The minimum Gasteiger partial charge on any atom is -0.348 e. The Morgan fingerprint density at radius 1 is 1.22 bits per heavy atom. The first kappa shape index (κ1) is 17.3. The number of aromatic nitrogens is 3. The zero-order valence-corrected chi connectivity index (χ0v) is 13.5. The summed E-state index contributed by atoms with van der Waals surface area (Å²) in [5.74, 6) is -1.33. The van der Waals surface area contributed by atoms with Crippen molar-refractivity contribution in [2.45, 2.75) is 16.6 Å². The van der Waals surface area contributed by atoms with Crippen LogP contribution in [0.1, 0.15) is 16.6 Å². The van der Waals surface area contributed by atoms with E-state index in [0.29, 0.717) is 5.56 Å². The van der Waals surface area contributed by atoms with Crippen LogP contribution < -0.4 is 0 Å². The summed E-state index contributed by atoms with van der Waals surface area (Å²) in [7, 11) is 4.42. The van der Waals surface area contributed by atoms with E-state index in [1.165, 1.54) is 11.9 Å². The maximum atomic E-state index is 12.8. The van der Waals surface area contributed by atoms with Crippen molar-refractivity contribution in [2.75, 3.05) is 14.1 Å². The third kappa shape index (κ3) is 3.84. The van der Waals surface area contributed by atoms with Crippen molar-refractivity contribution in [3.05, 3.63) is 41.7 Å². The van der Waals surface area contributed by atoms with E-state index in [1.807, 2.05) is 0 Å². The lowest BCUT2D eigenvalue weighted by Gasteiger charge is -2.20. The molecule has 1 amide bonds. The maximum Gasteiger partial charge on any atom is 0.451 e. The first-order valence-corrected chi connectivity index (χ1v) is 7.49. The number of thioether (sulfide) groups is 1. The summed E-state index contributed by atoms with van der Waals surface area (Å²) in [5, 5.41) is 6.08. The van der Waals surface area contributed by atoms with Crippen molar-refractivity contribution in [3.63, 3.8) is 0 Å². The molecule has 1 heterocycles. The highest BCUT2D eigenvalue weighted by atomic mass is 32.2. The zero-order chi connectivity index (χ0) is 17.2. The Balaban J connectivity index is 2.36. The monoisotopic (exact) mass is 344 g/mol. The van der Waals surface area contributed by atoms with Gasteiger partial charge in [-0.25, -0.2) is 0 Å². The molecule has 0 saturated carbocycles. The molecule has 0 spiro atoms. The molecule has 0 aliphatic carbocycles. The largest absolute Gasteiger partial charge is 0.451 e. The van der Waals surface area contributed by atoms with Crippen LogP contribution in [0.5, 0.6) is 0 Å². The lowest BCUT2D eigenvalue weighted by molar-refractivity contribution is -0.147. The molecule has 5 nitrogen and oxygen atoms in total. The number of nitrogens with zero attached hydrogens (tertiary/aromatic N) is 4. The smallest absolute Gasteiger partial charge is 0.348 e. The van der Waals surface area contributed by atoms with Gasteiger partial charge < -0.3 is 9.47 Å². The van der Waals surface area contributed by atoms with Crippen molar-refractivity contribution in [1.82, 2.24) is 19.7 Å². The van der Waals surface area contributed by atoms with Crippen LogP contribution in [0.25, 0.3) is 0 Å². The van der Waals surface area contributed by atoms with E-state index in [0.717, 1.165) is 16.3 Å². The van der Waals surface area contributed by atoms with Gasteiger partial charge in [-0.3, -0.25) is 4.79 Å². The molecule has 124 valence electrons. The van der Waals surface area contributed by atoms with Crippen LogP contribution in [-0.2, 0) is 18.0 Å². The average Bonchev–Trinajstić information content (AvgIpc) is 2.86. The first-order chi connectivity index (χ1) is 10.7. The summed E-state index contributed by atoms with van der Waals surface area (Å²) in [6.45, 7) is 0. The Kier molecular flexibility index (Phi) is 4.98. The predicted molar refractivity (Wildman–Crippen MR) is 79.7 cm³/mol. The highest BCUT2D eigenvalue weighted by Gasteiger charge is 2.38. The second-order valence-electron chi connectivity index (χ2n) is 5.00. The van der Waals surface area contributed by atoms with Crippen LogP contribution in [0.15, 0.2) is 35.5 Å². The number of rotatable bonds is 4. The van der Waals surface area contributed by atoms with Crippen molar-refractivity contribution in [2.24, 2.45) is 7.05 Å². The van der Waals surface area contributed by atoms with Crippen LogP contribution in [0.3, 0.4) is 0 Å². The average molecular weight is 344 g/mol. The molecule has 9 heteroatoms. The third-order valence-electron chi connectivity index (χ3n) is 3.08. The fraction of sp³-hybridized carbons (Fsp3) is 0.357. The van der Waals surface area contributed by atoms with Crippen molar-refractivity contribution in [1.29, 1.82) is 0 Å². The number of carbonyl (C=O) groups is 1. The summed E-state index contributed by atoms with van der Waals surface area (Å²) in [5.41, 5.74) is 0.688. The standard InChI is InChI=1S/C14H15F3N4OS/c1-20(2)11(22)10(9-7-5-4-6-8-9)23-13-19-18-12(21(13)3)14(15,16)17/h4-8,10H,1-3H3/t10-/m0/s1. The SMILES string of the molecule is CN(C)C(=O)[C@@H](Sc1nnc(C(F)(F)F)n1C)c1ccccc1. The van der Waals surface area contributed by atoms with E-state index in [4.69, 9.17) is 0 Å². The van der Waals surface area contributed by atoms with Gasteiger partial charge in [0.15, 0.2) is 5.16 Å². The Labute approximate surface area is 135 Å². The van der Waals surface area contributed by atoms with Gasteiger partial charge in [-0.1, -0.05) is 42.1 Å². The lowest BCUT2D eigenvalue weighted by atomic mass is 10.1. The van der Waals surface area contributed by atoms with Crippen molar-refractivity contribution in [3.8, 4) is 0 Å². The number of alkyl halides is 3. The van der Waals surface area contributed by atoms with Crippen LogP contribution in [-0.4, -0.2) is 39.7 Å². The summed E-state index contributed by atoms with van der Waals surface area (Å²) in [6, 6.07) is 8.84. The molecular weight excluding hydrogens is 329 g/mol. The van der Waals surface area contributed by atoms with Crippen molar-refractivity contribution < 1.29 is 18.0 Å². The fourth-order valence-corrected chi connectivity index (χ4v) is 3.04. The number of benzene rings is 1. The molecule has 0 aliphatic heterocycles. The quantitative estimate of drug-likeness (QED) is 0.801. The number of halogens is 3. The lowest BCUT2D eigenvalue weighted by Crippen LogP contribution is -2.27. The van der Waals surface area contributed by atoms with E-state index < -0.39 is 17.3 Å². The van der Waals surface area contributed by atoms with Gasteiger partial charge in [-0.15, -0.1) is 10.2 Å². The Hall–Kier alpha value is -2.03. The summed E-state index contributed by atoms with van der Waals surface area (Å²) in [6.07, 6.45) is -4.59. The number of carbonyl (C=O) groups excluding carboxylic acids is 1. The molecular formula is C14H15F3N4OS. The minimum atomic E-state index is -4.59. The predicted octanol–water partition coefficient (Wildman–Crippen LogP) is 2.76. The molecule has 0 radical (unpaired) electrons. The molecule has 0 unspecified atom stereocenters. The van der Waals surface area contributed by atoms with Gasteiger partial charge in [0.2, 0.25) is 11.7 Å². The Bertz CT molecular complexity index is 685. The van der Waals surface area contributed by atoms with Gasteiger partial charge in [0.1, 0.15) is 5.25 Å². The third-order valence-corrected chi connectivity index (χ3v) is 4.35. The van der Waals surface area contributed by atoms with E-state index in [-0.39, 0.29) is 11.1 Å². The van der Waals surface area contributed by atoms with Crippen LogP contribution in [0.2, 0.25) is 0 Å². The molecule has 0 fully saturated rings. The summed E-state index contributed by atoms with van der Waals surface area (Å²) < 4.78 is 39.3. The topological polar surface area (TPSA) is 51.0 Å². The first-order valence-electron chi connectivity index (χ1n) is 6.61. The molecule has 1 aromatic carbocycles. The van der Waals surface area contributed by atoms with Crippen LogP contribution in [0.4, 0.5) is 13.2 Å². The zero-order valence-electron chi connectivity index (χ0n) is 12.7. The Morgan fingerprint density at radius 3 is 2.30 bits per heavy atom. The number of hydrogen-bond donors (Lipinski definition) is 0. The highest BCUT2D eigenvalue weighted by Crippen LogP contribution is 2.37. The fourth-order valence-electron chi connectivity index (χ4n) is 1.89. The normalized spacial score (nSPS) is 13.0. The summed E-state index contributed by atoms with van der Waals surface area (Å²) in [4.78, 5) is 13.8. The minimum absolute atomic E-state index is 0.0291. The van der Waals surface area contributed by atoms with Crippen LogP contribution >= 0.6 is 11.8 Å². The molecule has 0 saturated heterocycles. The molecule has 23 heavy (non-hydrogen) atoms. The van der Waals surface area contributed by atoms with Gasteiger partial charge in [0, 0.05) is 21.1 Å². The van der Waals surface area contributed by atoms with E-state index in [9.17, 15) is 18.0 Å². The highest BCUT2D eigenvalue weighted by molar-refractivity contribution is 8.00. The van der Waals surface area contributed by atoms with Crippen LogP contribution in [0, 0.1) is 0 Å². The van der Waals surface area contributed by atoms with E-state index >= 15 is 0 Å². The second-order valence-corrected chi connectivity index (χ2v) is 6.08. The molecule has 0 bridgehead atoms. The van der Waals surface area contributed by atoms with Crippen molar-refractivity contribution >= 4 is 17.7 Å². The van der Waals surface area contributed by atoms with Gasteiger partial charge in [0.25, 0.3) is 0 Å². The van der Waals surface area contributed by atoms with Gasteiger partial charge in [0.05, 0.1) is 0 Å². The number of amides is 1. The molecule has 0 aliphatic rings. The molecule has 2 aromatic rings. The summed E-state index contributed by atoms with van der Waals surface area (Å²) >= 11 is 0.940. The second kappa shape index (κ2) is 6.61. The van der Waals surface area contributed by atoms with Gasteiger partial charge >= 0.3 is 6.18 Å². The van der Waals surface area contributed by atoms with Gasteiger partial charge in [-0.05, 0) is 5.56 Å².